The van der Waals surface area contributed by atoms with E-state index in [1.54, 1.807) is 27.7 Å². The standard InChI is InChI=1S/C25H26F6O4/c1-15(2)13-34-21(32)17-9-5-7-11-19(17)23(24(26,27)28,25(29,30)31)20-12-8-6-10-18(20)22(33)35-14-16(3)4/h5-12,15-16H,13-14H2,1-4H3. The maximum absolute atomic E-state index is 14.7. The summed E-state index contributed by atoms with van der Waals surface area (Å²) in [5.74, 6) is -3.10. The fourth-order valence-corrected chi connectivity index (χ4v) is 3.53. The summed E-state index contributed by atoms with van der Waals surface area (Å²) in [6.45, 7) is 6.22. The van der Waals surface area contributed by atoms with Gasteiger partial charge >= 0.3 is 24.3 Å². The minimum atomic E-state index is -6.01. The van der Waals surface area contributed by atoms with Crippen molar-refractivity contribution < 1.29 is 45.4 Å². The molecule has 2 rings (SSSR count). The van der Waals surface area contributed by atoms with Gasteiger partial charge in [0.05, 0.1) is 24.3 Å². The maximum Gasteiger partial charge on any atom is 0.411 e. The van der Waals surface area contributed by atoms with Crippen molar-refractivity contribution in [2.75, 3.05) is 13.2 Å². The number of ether oxygens (including phenoxy) is 2. The minimum Gasteiger partial charge on any atom is -0.462 e. The van der Waals surface area contributed by atoms with Crippen molar-refractivity contribution in [3.8, 4) is 0 Å². The van der Waals surface area contributed by atoms with Crippen molar-refractivity contribution in [2.24, 2.45) is 11.8 Å². The van der Waals surface area contributed by atoms with Gasteiger partial charge in [-0.15, -0.1) is 0 Å². The first kappa shape index (κ1) is 28.2. The molecule has 192 valence electrons. The molecule has 0 fully saturated rings. The van der Waals surface area contributed by atoms with Gasteiger partial charge in [-0.25, -0.2) is 9.59 Å². The van der Waals surface area contributed by atoms with Gasteiger partial charge in [0.2, 0.25) is 5.41 Å². The van der Waals surface area contributed by atoms with Gasteiger partial charge in [-0.2, -0.15) is 26.3 Å². The highest BCUT2D eigenvalue weighted by molar-refractivity contribution is 5.94. The Morgan fingerprint density at radius 1 is 0.657 bits per heavy atom. The summed E-state index contributed by atoms with van der Waals surface area (Å²) in [4.78, 5) is 25.3. The van der Waals surface area contributed by atoms with Crippen molar-refractivity contribution in [1.82, 2.24) is 0 Å². The summed E-state index contributed by atoms with van der Waals surface area (Å²) >= 11 is 0. The lowest BCUT2D eigenvalue weighted by Crippen LogP contribution is -2.56. The predicted molar refractivity (Wildman–Crippen MR) is 116 cm³/mol. The summed E-state index contributed by atoms with van der Waals surface area (Å²) in [5.41, 5.74) is -9.32. The van der Waals surface area contributed by atoms with Crippen LogP contribution in [0.1, 0.15) is 59.5 Å². The van der Waals surface area contributed by atoms with Gasteiger partial charge < -0.3 is 9.47 Å². The van der Waals surface area contributed by atoms with Gasteiger partial charge in [-0.05, 0) is 35.1 Å². The SMILES string of the molecule is CC(C)COC(=O)c1ccccc1C(c1ccccc1C(=O)OCC(C)C)(C(F)(F)F)C(F)(F)F. The molecule has 0 aliphatic rings. The number of carbonyl (C=O) groups excluding carboxylic acids is 2. The zero-order valence-electron chi connectivity index (χ0n) is 19.6. The lowest BCUT2D eigenvalue weighted by Gasteiger charge is -2.39. The highest BCUT2D eigenvalue weighted by atomic mass is 19.4. The Hall–Kier alpha value is -3.04. The number of alkyl halides is 6. The Labute approximate surface area is 199 Å². The zero-order valence-corrected chi connectivity index (χ0v) is 19.6. The smallest absolute Gasteiger partial charge is 0.411 e. The van der Waals surface area contributed by atoms with Gasteiger partial charge in [-0.1, -0.05) is 64.1 Å². The second-order valence-electron chi connectivity index (χ2n) is 8.82. The molecule has 0 aliphatic heterocycles. The van der Waals surface area contributed by atoms with Gasteiger partial charge in [0.25, 0.3) is 0 Å². The molecular weight excluding hydrogens is 478 g/mol. The second-order valence-corrected chi connectivity index (χ2v) is 8.82. The van der Waals surface area contributed by atoms with E-state index < -0.39 is 52.0 Å². The topological polar surface area (TPSA) is 52.6 Å². The molecule has 0 saturated heterocycles. The van der Waals surface area contributed by atoms with Gasteiger partial charge in [0.1, 0.15) is 0 Å². The van der Waals surface area contributed by atoms with Crippen LogP contribution < -0.4 is 0 Å². The Kier molecular flexibility index (Phi) is 8.62. The first-order valence-corrected chi connectivity index (χ1v) is 10.8. The first-order chi connectivity index (χ1) is 16.1. The molecule has 0 amide bonds. The van der Waals surface area contributed by atoms with E-state index in [1.165, 1.54) is 0 Å². The summed E-state index contributed by atoms with van der Waals surface area (Å²) < 4.78 is 98.3. The molecular formula is C25H26F6O4. The van der Waals surface area contributed by atoms with Crippen LogP contribution in [0.15, 0.2) is 48.5 Å². The fourth-order valence-electron chi connectivity index (χ4n) is 3.53. The van der Waals surface area contributed by atoms with Crippen molar-refractivity contribution >= 4 is 11.9 Å². The number of rotatable bonds is 8. The van der Waals surface area contributed by atoms with Crippen LogP contribution in [0.25, 0.3) is 0 Å². The van der Waals surface area contributed by atoms with Crippen molar-refractivity contribution in [1.29, 1.82) is 0 Å². The van der Waals surface area contributed by atoms with Crippen LogP contribution in [0, 0.1) is 11.8 Å². The number of halogens is 6. The lowest BCUT2D eigenvalue weighted by atomic mass is 9.69. The van der Waals surface area contributed by atoms with Crippen LogP contribution >= 0.6 is 0 Å². The largest absolute Gasteiger partial charge is 0.462 e. The molecule has 0 saturated carbocycles. The van der Waals surface area contributed by atoms with Crippen molar-refractivity contribution in [3.63, 3.8) is 0 Å². The van der Waals surface area contributed by atoms with Crippen LogP contribution in [0.4, 0.5) is 26.3 Å². The predicted octanol–water partition coefficient (Wildman–Crippen LogP) is 6.72. The Morgan fingerprint density at radius 3 is 1.26 bits per heavy atom. The van der Waals surface area contributed by atoms with E-state index in [0.717, 1.165) is 36.4 Å². The number of hydrogen-bond acceptors (Lipinski definition) is 4. The van der Waals surface area contributed by atoms with Crippen LogP contribution in [0.5, 0.6) is 0 Å². The third kappa shape index (κ3) is 5.79. The van der Waals surface area contributed by atoms with E-state index in [4.69, 9.17) is 9.47 Å². The number of hydrogen-bond donors (Lipinski definition) is 0. The van der Waals surface area contributed by atoms with E-state index >= 15 is 0 Å². The van der Waals surface area contributed by atoms with Crippen molar-refractivity contribution in [3.05, 3.63) is 70.8 Å². The lowest BCUT2D eigenvalue weighted by molar-refractivity contribution is -0.288. The highest BCUT2D eigenvalue weighted by Gasteiger charge is 2.74. The highest BCUT2D eigenvalue weighted by Crippen LogP contribution is 2.57. The molecule has 4 nitrogen and oxygen atoms in total. The molecule has 0 aliphatic carbocycles. The molecule has 2 aromatic rings. The molecule has 2 aromatic carbocycles. The molecule has 0 atom stereocenters. The molecule has 35 heavy (non-hydrogen) atoms. The molecule has 0 radical (unpaired) electrons. The molecule has 0 heterocycles. The average Bonchev–Trinajstić information content (AvgIpc) is 2.75. The summed E-state index contributed by atoms with van der Waals surface area (Å²) in [5, 5.41) is 0. The van der Waals surface area contributed by atoms with E-state index in [0.29, 0.717) is 12.1 Å². The minimum absolute atomic E-state index is 0.211. The number of carbonyl (C=O) groups is 2. The van der Waals surface area contributed by atoms with Crippen LogP contribution in [-0.2, 0) is 14.9 Å². The van der Waals surface area contributed by atoms with E-state index in [1.807, 2.05) is 0 Å². The van der Waals surface area contributed by atoms with Crippen molar-refractivity contribution in [2.45, 2.75) is 45.5 Å². The Morgan fingerprint density at radius 2 is 0.971 bits per heavy atom. The summed E-state index contributed by atoms with van der Waals surface area (Å²) in [7, 11) is 0. The summed E-state index contributed by atoms with van der Waals surface area (Å²) in [6, 6.07) is 7.01. The van der Waals surface area contributed by atoms with E-state index in [-0.39, 0.29) is 25.0 Å². The molecule has 0 aromatic heterocycles. The van der Waals surface area contributed by atoms with Gasteiger partial charge in [-0.3, -0.25) is 0 Å². The monoisotopic (exact) mass is 504 g/mol. The first-order valence-electron chi connectivity index (χ1n) is 10.8. The maximum atomic E-state index is 14.7. The van der Waals surface area contributed by atoms with E-state index in [2.05, 4.69) is 0 Å². The fraction of sp³-hybridized carbons (Fsp3) is 0.440. The average molecular weight is 504 g/mol. The normalized spacial score (nSPS) is 12.7. The Balaban J connectivity index is 2.91. The van der Waals surface area contributed by atoms with Crippen LogP contribution in [0.3, 0.4) is 0 Å². The third-order valence-corrected chi connectivity index (χ3v) is 5.05. The van der Waals surface area contributed by atoms with Gasteiger partial charge in [0, 0.05) is 0 Å². The second kappa shape index (κ2) is 10.7. The zero-order chi connectivity index (χ0) is 26.6. The Bertz CT molecular complexity index is 957. The molecule has 0 bridgehead atoms. The van der Waals surface area contributed by atoms with Crippen LogP contribution in [-0.4, -0.2) is 37.5 Å². The molecule has 0 N–H and O–H groups in total. The summed E-state index contributed by atoms with van der Waals surface area (Å²) in [6.07, 6.45) is -12.0. The van der Waals surface area contributed by atoms with Crippen LogP contribution in [0.2, 0.25) is 0 Å². The van der Waals surface area contributed by atoms with E-state index in [9.17, 15) is 35.9 Å². The molecule has 0 spiro atoms. The van der Waals surface area contributed by atoms with Gasteiger partial charge in [0.15, 0.2) is 0 Å². The third-order valence-electron chi connectivity index (χ3n) is 5.05. The quantitative estimate of drug-likeness (QED) is 0.296. The molecule has 10 heteroatoms. The number of benzene rings is 2. The molecule has 0 unspecified atom stereocenters. The number of esters is 2.